The zero-order valence-electron chi connectivity index (χ0n) is 30.0. The number of nitrogens with one attached hydrogen (secondary N) is 1. The number of anilines is 2. The molecule has 3 aliphatic heterocycles. The standard InChI is InChI=1S/C39H47F4N5O5/c1-36(40,41)32-29(33(49)46-39(34(50)51)24-13-22-12-23(15-24)16-25(39)14-22)20-44-35(45-32)48-21-37(6-10-52-11-7-37)30-17-28(2-3-31(30)48)53-27-4-8-47(9-5-27)26-18-38(42,43)19-26/h2-3,17,20,22-27H,4-16,18-19,21H2,1H3,(H,46,49)(H,50,51). The second-order valence-corrected chi connectivity index (χ2v) is 17.2. The van der Waals surface area contributed by atoms with Gasteiger partial charge in [0.15, 0.2) is 0 Å². The second-order valence-electron chi connectivity index (χ2n) is 17.2. The summed E-state index contributed by atoms with van der Waals surface area (Å²) in [4.78, 5) is 39.7. The summed E-state index contributed by atoms with van der Waals surface area (Å²) < 4.78 is 70.0. The second kappa shape index (κ2) is 12.5. The molecule has 10 rings (SSSR count). The van der Waals surface area contributed by atoms with Crippen molar-refractivity contribution in [1.29, 1.82) is 0 Å². The summed E-state index contributed by atoms with van der Waals surface area (Å²) in [6.07, 6.45) is 7.73. The predicted octanol–water partition coefficient (Wildman–Crippen LogP) is 6.44. The van der Waals surface area contributed by atoms with Gasteiger partial charge in [0.2, 0.25) is 5.95 Å². The zero-order valence-corrected chi connectivity index (χ0v) is 30.0. The highest BCUT2D eigenvalue weighted by Gasteiger charge is 2.62. The Balaban J connectivity index is 0.976. The summed E-state index contributed by atoms with van der Waals surface area (Å²) in [5.74, 6) is -6.92. The van der Waals surface area contributed by atoms with E-state index in [1.165, 1.54) is 0 Å². The number of carbonyl (C=O) groups excluding carboxylic acids is 1. The van der Waals surface area contributed by atoms with E-state index in [-0.39, 0.29) is 48.2 Å². The van der Waals surface area contributed by atoms with E-state index in [4.69, 9.17) is 9.47 Å². The molecule has 1 amide bonds. The lowest BCUT2D eigenvalue weighted by Crippen LogP contribution is -2.70. The van der Waals surface area contributed by atoms with Crippen LogP contribution in [0.5, 0.6) is 5.75 Å². The average Bonchev–Trinajstić information content (AvgIpc) is 3.40. The summed E-state index contributed by atoms with van der Waals surface area (Å²) in [5.41, 5.74) is -1.27. The first-order chi connectivity index (χ1) is 25.2. The summed E-state index contributed by atoms with van der Waals surface area (Å²) in [5, 5.41) is 13.3. The van der Waals surface area contributed by atoms with E-state index in [9.17, 15) is 23.5 Å². The van der Waals surface area contributed by atoms with Gasteiger partial charge in [-0.3, -0.25) is 9.69 Å². The normalized spacial score (nSPS) is 32.1. The number of carbonyl (C=O) groups is 2. The van der Waals surface area contributed by atoms with Gasteiger partial charge in [-0.2, -0.15) is 8.78 Å². The van der Waals surface area contributed by atoms with Gasteiger partial charge in [0.25, 0.3) is 17.8 Å². The molecule has 2 aromatic rings. The molecule has 8 aliphatic rings. The smallest absolute Gasteiger partial charge is 0.330 e. The van der Waals surface area contributed by atoms with Crippen LogP contribution in [0.25, 0.3) is 0 Å². The number of amides is 1. The first-order valence-electron chi connectivity index (χ1n) is 19.3. The molecule has 5 aliphatic carbocycles. The Bertz CT molecular complexity index is 1750. The van der Waals surface area contributed by atoms with Crippen molar-refractivity contribution in [2.75, 3.05) is 37.7 Å². The predicted molar refractivity (Wildman–Crippen MR) is 185 cm³/mol. The van der Waals surface area contributed by atoms with Crippen molar-refractivity contribution in [2.24, 2.45) is 23.7 Å². The lowest BCUT2D eigenvalue weighted by molar-refractivity contribution is -0.163. The number of halogens is 4. The molecule has 1 aromatic heterocycles. The molecule has 5 saturated carbocycles. The Labute approximate surface area is 306 Å². The Hall–Kier alpha value is -3.52. The number of nitrogens with zero attached hydrogens (tertiary/aromatic N) is 4. The van der Waals surface area contributed by atoms with Gasteiger partial charge in [0.1, 0.15) is 23.1 Å². The van der Waals surface area contributed by atoms with Crippen LogP contribution < -0.4 is 15.0 Å². The molecule has 0 atom stereocenters. The number of aliphatic carboxylic acids is 1. The van der Waals surface area contributed by atoms with Gasteiger partial charge in [-0.1, -0.05) is 0 Å². The summed E-state index contributed by atoms with van der Waals surface area (Å²) in [6, 6.07) is 5.72. The van der Waals surface area contributed by atoms with Crippen LogP contribution in [-0.2, 0) is 20.9 Å². The fourth-order valence-electron chi connectivity index (χ4n) is 11.3. The molecule has 4 bridgehead atoms. The number of rotatable bonds is 8. The molecule has 286 valence electrons. The van der Waals surface area contributed by atoms with E-state index in [1.807, 2.05) is 23.1 Å². The van der Waals surface area contributed by atoms with Crippen molar-refractivity contribution in [3.05, 3.63) is 41.2 Å². The van der Waals surface area contributed by atoms with Crippen molar-refractivity contribution >= 4 is 23.5 Å². The first kappa shape index (κ1) is 35.2. The minimum atomic E-state index is -3.52. The largest absolute Gasteiger partial charge is 0.490 e. The van der Waals surface area contributed by atoms with E-state index in [0.717, 1.165) is 36.7 Å². The fraction of sp³-hybridized carbons (Fsp3) is 0.692. The maximum atomic E-state index is 15.4. The molecular weight excluding hydrogens is 694 g/mol. The van der Waals surface area contributed by atoms with Crippen LogP contribution in [0.3, 0.4) is 0 Å². The number of carboxylic acid groups (broad SMARTS) is 1. The van der Waals surface area contributed by atoms with Crippen molar-refractivity contribution in [3.8, 4) is 5.75 Å². The molecule has 2 N–H and O–H groups in total. The van der Waals surface area contributed by atoms with Crippen LogP contribution in [0.4, 0.5) is 29.2 Å². The summed E-state index contributed by atoms with van der Waals surface area (Å²) in [7, 11) is 0. The number of ether oxygens (including phenoxy) is 2. The van der Waals surface area contributed by atoms with Crippen LogP contribution in [0, 0.1) is 23.7 Å². The molecule has 7 fully saturated rings. The molecule has 1 aromatic carbocycles. The molecule has 53 heavy (non-hydrogen) atoms. The van der Waals surface area contributed by atoms with Gasteiger partial charge in [-0.05, 0) is 105 Å². The molecule has 0 radical (unpaired) electrons. The van der Waals surface area contributed by atoms with E-state index in [1.54, 1.807) is 0 Å². The maximum absolute atomic E-state index is 15.4. The van der Waals surface area contributed by atoms with Gasteiger partial charge in [0.05, 0.1) is 5.56 Å². The highest BCUT2D eigenvalue weighted by Crippen LogP contribution is 2.58. The molecule has 0 unspecified atom stereocenters. The lowest BCUT2D eigenvalue weighted by Gasteiger charge is -2.59. The molecule has 10 nitrogen and oxygen atoms in total. The number of piperidine rings is 1. The number of alkyl halides is 4. The minimum Gasteiger partial charge on any atom is -0.490 e. The van der Waals surface area contributed by atoms with Gasteiger partial charge in [0, 0.05) is 76.0 Å². The Morgan fingerprint density at radius 3 is 2.28 bits per heavy atom. The van der Waals surface area contributed by atoms with Crippen molar-refractivity contribution in [3.63, 3.8) is 0 Å². The topological polar surface area (TPSA) is 117 Å². The third-order valence-electron chi connectivity index (χ3n) is 13.9. The molecule has 2 saturated heterocycles. The number of aromatic nitrogens is 2. The molecule has 4 heterocycles. The number of hydrogen-bond acceptors (Lipinski definition) is 8. The minimum absolute atomic E-state index is 0.0351. The highest BCUT2D eigenvalue weighted by molar-refractivity contribution is 5.99. The molecular formula is C39H47F4N5O5. The van der Waals surface area contributed by atoms with Gasteiger partial charge in [-0.25, -0.2) is 23.5 Å². The third kappa shape index (κ3) is 5.97. The van der Waals surface area contributed by atoms with Crippen LogP contribution in [0.15, 0.2) is 24.4 Å². The SMILES string of the molecule is CC(F)(F)c1nc(N2CC3(CCOCC3)c3cc(OC4CCN(C5CC(F)(F)C5)CC4)ccc32)ncc1C(=O)NC1(C(=O)O)C2CC3CC(C2)CC1C3. The number of likely N-dealkylation sites (tertiary alicyclic amines) is 1. The van der Waals surface area contributed by atoms with Crippen molar-refractivity contribution in [2.45, 2.75) is 112 Å². The Morgan fingerprint density at radius 2 is 1.68 bits per heavy atom. The molecule has 14 heteroatoms. The van der Waals surface area contributed by atoms with E-state index >= 15 is 8.78 Å². The van der Waals surface area contributed by atoms with Crippen LogP contribution in [0.2, 0.25) is 0 Å². The quantitative estimate of drug-likeness (QED) is 0.295. The maximum Gasteiger partial charge on any atom is 0.330 e. The fourth-order valence-corrected chi connectivity index (χ4v) is 11.3. The number of carboxylic acids is 1. The van der Waals surface area contributed by atoms with Crippen molar-refractivity contribution in [1.82, 2.24) is 20.2 Å². The van der Waals surface area contributed by atoms with Gasteiger partial charge >= 0.3 is 5.97 Å². The monoisotopic (exact) mass is 741 g/mol. The first-order valence-corrected chi connectivity index (χ1v) is 19.3. The Kier molecular flexibility index (Phi) is 8.31. The molecule has 1 spiro atoms. The van der Waals surface area contributed by atoms with Crippen LogP contribution in [-0.4, -0.2) is 88.3 Å². The Morgan fingerprint density at radius 1 is 1.02 bits per heavy atom. The van der Waals surface area contributed by atoms with Crippen molar-refractivity contribution < 1.29 is 41.7 Å². The van der Waals surface area contributed by atoms with Crippen LogP contribution in [0.1, 0.15) is 99.2 Å². The number of hydrogen-bond donors (Lipinski definition) is 2. The zero-order chi connectivity index (χ0) is 36.9. The third-order valence-corrected chi connectivity index (χ3v) is 13.9. The highest BCUT2D eigenvalue weighted by atomic mass is 19.3. The van der Waals surface area contributed by atoms with Gasteiger partial charge in [-0.15, -0.1) is 0 Å². The van der Waals surface area contributed by atoms with E-state index in [2.05, 4.69) is 20.2 Å². The van der Waals surface area contributed by atoms with E-state index in [0.29, 0.717) is 95.9 Å². The van der Waals surface area contributed by atoms with Crippen LogP contribution >= 0.6 is 0 Å². The number of fused-ring (bicyclic) bond motifs is 2. The van der Waals surface area contributed by atoms with Gasteiger partial charge < -0.3 is 24.8 Å². The summed E-state index contributed by atoms with van der Waals surface area (Å²) >= 11 is 0. The average molecular weight is 742 g/mol. The van der Waals surface area contributed by atoms with E-state index < -0.39 is 40.5 Å². The number of benzene rings is 1. The summed E-state index contributed by atoms with van der Waals surface area (Å²) in [6.45, 7) is 3.60. The lowest BCUT2D eigenvalue weighted by atomic mass is 9.48.